The van der Waals surface area contributed by atoms with Gasteiger partial charge in [0.2, 0.25) is 0 Å². The van der Waals surface area contributed by atoms with Crippen molar-refractivity contribution < 1.29 is 4.84 Å². The standard InChI is InChI=1S/C7H12N2O/c1-5-7-6(3-8-10-7)4-9(5)2/h3,5-7H,4H2,1-2H3. The highest BCUT2D eigenvalue weighted by molar-refractivity contribution is 5.63. The van der Waals surface area contributed by atoms with Gasteiger partial charge in [-0.15, -0.1) is 0 Å². The Morgan fingerprint density at radius 2 is 2.50 bits per heavy atom. The van der Waals surface area contributed by atoms with E-state index < -0.39 is 0 Å². The fourth-order valence-electron chi connectivity index (χ4n) is 1.69. The summed E-state index contributed by atoms with van der Waals surface area (Å²) in [5, 5.41) is 3.80. The summed E-state index contributed by atoms with van der Waals surface area (Å²) >= 11 is 0. The van der Waals surface area contributed by atoms with Gasteiger partial charge in [-0.25, -0.2) is 0 Å². The van der Waals surface area contributed by atoms with E-state index in [0.29, 0.717) is 18.1 Å². The second-order valence-corrected chi connectivity index (χ2v) is 3.17. The molecule has 1 fully saturated rings. The Labute approximate surface area is 60.6 Å². The Hall–Kier alpha value is -0.570. The minimum Gasteiger partial charge on any atom is -0.390 e. The van der Waals surface area contributed by atoms with Crippen LogP contribution in [0, 0.1) is 5.92 Å². The quantitative estimate of drug-likeness (QED) is 0.484. The first-order valence-electron chi connectivity index (χ1n) is 3.68. The predicted octanol–water partition coefficient (Wildman–Crippen LogP) is 0.321. The summed E-state index contributed by atoms with van der Waals surface area (Å²) in [7, 11) is 2.13. The lowest BCUT2D eigenvalue weighted by atomic mass is 10.1. The lowest BCUT2D eigenvalue weighted by Crippen LogP contribution is -2.29. The van der Waals surface area contributed by atoms with Crippen LogP contribution in [-0.4, -0.2) is 36.9 Å². The summed E-state index contributed by atoms with van der Waals surface area (Å²) in [4.78, 5) is 7.49. The van der Waals surface area contributed by atoms with Crippen molar-refractivity contribution in [2.24, 2.45) is 11.1 Å². The molecule has 0 aliphatic carbocycles. The van der Waals surface area contributed by atoms with Gasteiger partial charge in [0, 0.05) is 12.6 Å². The number of fused-ring (bicyclic) bond motifs is 1. The number of hydrogen-bond acceptors (Lipinski definition) is 3. The van der Waals surface area contributed by atoms with Gasteiger partial charge in [-0.1, -0.05) is 5.16 Å². The number of oxime groups is 1. The molecule has 0 aromatic carbocycles. The van der Waals surface area contributed by atoms with E-state index in [4.69, 9.17) is 4.84 Å². The first-order valence-corrected chi connectivity index (χ1v) is 3.68. The molecule has 0 N–H and O–H groups in total. The van der Waals surface area contributed by atoms with E-state index in [1.165, 1.54) is 0 Å². The first kappa shape index (κ1) is 6.16. The highest BCUT2D eigenvalue weighted by atomic mass is 16.6. The van der Waals surface area contributed by atoms with Crippen LogP contribution in [0.2, 0.25) is 0 Å². The zero-order chi connectivity index (χ0) is 7.14. The molecule has 3 unspecified atom stereocenters. The molecule has 0 spiro atoms. The number of rotatable bonds is 0. The van der Waals surface area contributed by atoms with E-state index in [1.54, 1.807) is 0 Å². The summed E-state index contributed by atoms with van der Waals surface area (Å²) in [5.74, 6) is 0.542. The van der Waals surface area contributed by atoms with Gasteiger partial charge < -0.3 is 4.84 Å². The Morgan fingerprint density at radius 3 is 3.20 bits per heavy atom. The molecule has 2 rings (SSSR count). The van der Waals surface area contributed by atoms with Crippen molar-refractivity contribution in [2.75, 3.05) is 13.6 Å². The van der Waals surface area contributed by atoms with Gasteiger partial charge in [-0.05, 0) is 14.0 Å². The van der Waals surface area contributed by atoms with E-state index in [-0.39, 0.29) is 0 Å². The van der Waals surface area contributed by atoms with E-state index >= 15 is 0 Å². The normalized spacial score (nSPS) is 45.6. The largest absolute Gasteiger partial charge is 0.390 e. The number of likely N-dealkylation sites (N-methyl/N-ethyl adjacent to an activating group) is 1. The second kappa shape index (κ2) is 1.95. The highest BCUT2D eigenvalue weighted by Gasteiger charge is 2.40. The molecule has 0 radical (unpaired) electrons. The molecule has 10 heavy (non-hydrogen) atoms. The zero-order valence-electron chi connectivity index (χ0n) is 6.32. The van der Waals surface area contributed by atoms with Crippen LogP contribution in [0.5, 0.6) is 0 Å². The lowest BCUT2D eigenvalue weighted by Gasteiger charge is -2.16. The van der Waals surface area contributed by atoms with Crippen LogP contribution in [-0.2, 0) is 4.84 Å². The van der Waals surface area contributed by atoms with Gasteiger partial charge in [-0.3, -0.25) is 4.90 Å². The predicted molar refractivity (Wildman–Crippen MR) is 38.9 cm³/mol. The van der Waals surface area contributed by atoms with Crippen LogP contribution < -0.4 is 0 Å². The average molecular weight is 140 g/mol. The SMILES string of the molecule is CC1C2ON=CC2CN1C. The van der Waals surface area contributed by atoms with Gasteiger partial charge in [0.25, 0.3) is 0 Å². The molecule has 0 aromatic rings. The third-order valence-electron chi connectivity index (χ3n) is 2.53. The van der Waals surface area contributed by atoms with Crippen molar-refractivity contribution >= 4 is 6.21 Å². The minimum absolute atomic E-state index is 0.324. The van der Waals surface area contributed by atoms with Crippen molar-refractivity contribution in [2.45, 2.75) is 19.1 Å². The molecule has 3 atom stereocenters. The molecule has 56 valence electrons. The fourth-order valence-corrected chi connectivity index (χ4v) is 1.69. The molecule has 1 saturated heterocycles. The maximum Gasteiger partial charge on any atom is 0.151 e. The van der Waals surface area contributed by atoms with E-state index in [9.17, 15) is 0 Å². The van der Waals surface area contributed by atoms with Gasteiger partial charge in [0.15, 0.2) is 6.10 Å². The molecule has 0 aromatic heterocycles. The third-order valence-corrected chi connectivity index (χ3v) is 2.53. The number of nitrogens with zero attached hydrogens (tertiary/aromatic N) is 2. The highest BCUT2D eigenvalue weighted by Crippen LogP contribution is 2.27. The van der Waals surface area contributed by atoms with Crippen molar-refractivity contribution in [3.8, 4) is 0 Å². The molecule has 3 nitrogen and oxygen atoms in total. The fraction of sp³-hybridized carbons (Fsp3) is 0.857. The van der Waals surface area contributed by atoms with Gasteiger partial charge >= 0.3 is 0 Å². The summed E-state index contributed by atoms with van der Waals surface area (Å²) in [5.41, 5.74) is 0. The molecule has 2 aliphatic heterocycles. The van der Waals surface area contributed by atoms with Crippen LogP contribution in [0.3, 0.4) is 0 Å². The van der Waals surface area contributed by atoms with Gasteiger partial charge in [-0.2, -0.15) is 0 Å². The smallest absolute Gasteiger partial charge is 0.151 e. The van der Waals surface area contributed by atoms with Crippen LogP contribution in [0.4, 0.5) is 0 Å². The molecular weight excluding hydrogens is 128 g/mol. The number of hydrogen-bond donors (Lipinski definition) is 0. The van der Waals surface area contributed by atoms with Crippen molar-refractivity contribution in [3.63, 3.8) is 0 Å². The minimum atomic E-state index is 0.324. The molecular formula is C7H12N2O. The first-order chi connectivity index (χ1) is 4.79. The Kier molecular flexibility index (Phi) is 1.20. The van der Waals surface area contributed by atoms with E-state index in [1.807, 2.05) is 6.21 Å². The van der Waals surface area contributed by atoms with Gasteiger partial charge in [0.05, 0.1) is 12.1 Å². The molecule has 0 saturated carbocycles. The average Bonchev–Trinajstić information content (AvgIpc) is 2.41. The molecule has 2 heterocycles. The van der Waals surface area contributed by atoms with Crippen molar-refractivity contribution in [1.82, 2.24) is 4.90 Å². The van der Waals surface area contributed by atoms with Crippen LogP contribution in [0.25, 0.3) is 0 Å². The summed E-state index contributed by atoms with van der Waals surface area (Å²) < 4.78 is 0. The monoisotopic (exact) mass is 140 g/mol. The van der Waals surface area contributed by atoms with Crippen molar-refractivity contribution in [3.05, 3.63) is 0 Å². The molecule has 3 heteroatoms. The third kappa shape index (κ3) is 0.669. The van der Waals surface area contributed by atoms with Gasteiger partial charge in [0.1, 0.15) is 0 Å². The summed E-state index contributed by atoms with van der Waals surface area (Å²) in [6.07, 6.45) is 2.25. The Morgan fingerprint density at radius 1 is 1.70 bits per heavy atom. The van der Waals surface area contributed by atoms with Crippen LogP contribution >= 0.6 is 0 Å². The topological polar surface area (TPSA) is 24.8 Å². The Balaban J connectivity index is 2.15. The molecule has 0 bridgehead atoms. The molecule has 2 aliphatic rings. The van der Waals surface area contributed by atoms with E-state index in [2.05, 4.69) is 24.0 Å². The maximum atomic E-state index is 5.19. The number of likely N-dealkylation sites (tertiary alicyclic amines) is 1. The lowest BCUT2D eigenvalue weighted by molar-refractivity contribution is 0.0497. The summed E-state index contributed by atoms with van der Waals surface area (Å²) in [6, 6.07) is 0.521. The molecule has 0 amide bonds. The maximum absolute atomic E-state index is 5.19. The Bertz CT molecular complexity index is 169. The second-order valence-electron chi connectivity index (χ2n) is 3.17. The van der Waals surface area contributed by atoms with Crippen LogP contribution in [0.1, 0.15) is 6.92 Å². The zero-order valence-corrected chi connectivity index (χ0v) is 6.32. The van der Waals surface area contributed by atoms with Crippen molar-refractivity contribution in [1.29, 1.82) is 0 Å². The summed E-state index contributed by atoms with van der Waals surface area (Å²) in [6.45, 7) is 3.27. The van der Waals surface area contributed by atoms with E-state index in [0.717, 1.165) is 6.54 Å². The van der Waals surface area contributed by atoms with Crippen LogP contribution in [0.15, 0.2) is 5.16 Å².